The number of benzene rings is 1. The van der Waals surface area contributed by atoms with E-state index in [1.807, 2.05) is 42.6 Å². The molecule has 1 saturated carbocycles. The summed E-state index contributed by atoms with van der Waals surface area (Å²) in [5.41, 5.74) is 0.782. The van der Waals surface area contributed by atoms with Gasteiger partial charge in [-0.15, -0.1) is 0 Å². The number of hydrogen-bond donors (Lipinski definition) is 4. The van der Waals surface area contributed by atoms with E-state index in [0.29, 0.717) is 39.1 Å². The number of nitrogens with zero attached hydrogens (tertiary/aromatic N) is 1. The van der Waals surface area contributed by atoms with Gasteiger partial charge in [0.15, 0.2) is 0 Å². The van der Waals surface area contributed by atoms with Crippen LogP contribution in [0.4, 0.5) is 13.6 Å². The molecule has 3 unspecified atom stereocenters. The molecular weight excluding hydrogens is 588 g/mol. The summed E-state index contributed by atoms with van der Waals surface area (Å²) in [5, 5.41) is 9.79. The summed E-state index contributed by atoms with van der Waals surface area (Å²) < 4.78 is 35.0. The molecule has 11 nitrogen and oxygen atoms in total. The Morgan fingerprint density at radius 2 is 1.53 bits per heavy atom. The molecule has 250 valence electrons. The first-order valence-corrected chi connectivity index (χ1v) is 16.0. The minimum atomic E-state index is -4.34. The Morgan fingerprint density at radius 1 is 0.911 bits per heavy atom. The quantitative estimate of drug-likeness (QED) is 0.218. The third-order valence-electron chi connectivity index (χ3n) is 8.42. The van der Waals surface area contributed by atoms with E-state index in [-0.39, 0.29) is 25.2 Å². The van der Waals surface area contributed by atoms with Crippen LogP contribution in [0.5, 0.6) is 0 Å². The van der Waals surface area contributed by atoms with E-state index in [0.717, 1.165) is 44.7 Å². The molecule has 0 bridgehead atoms. The van der Waals surface area contributed by atoms with Crippen molar-refractivity contribution in [2.24, 2.45) is 5.92 Å². The van der Waals surface area contributed by atoms with Crippen LogP contribution in [0.2, 0.25) is 0 Å². The summed E-state index contributed by atoms with van der Waals surface area (Å²) in [5.74, 6) is -9.25. The van der Waals surface area contributed by atoms with Crippen LogP contribution in [0, 0.1) is 5.92 Å². The SMILES string of the molecule is CCCCC(NC(=O)C(Cc1ccccc1)NC(=O)N1CCOCC1)C(=O)NC(CC1CCCCC1)C(=O)C(F)(F)C(=O)NC. The molecule has 1 aromatic rings. The van der Waals surface area contributed by atoms with E-state index in [4.69, 9.17) is 4.74 Å². The average molecular weight is 636 g/mol. The molecular formula is C32H47F2N5O6. The van der Waals surface area contributed by atoms with Crippen LogP contribution in [0.3, 0.4) is 0 Å². The van der Waals surface area contributed by atoms with Crippen LogP contribution in [-0.4, -0.2) is 91.8 Å². The molecule has 45 heavy (non-hydrogen) atoms. The van der Waals surface area contributed by atoms with E-state index < -0.39 is 53.6 Å². The Balaban J connectivity index is 1.80. The number of hydrogen-bond acceptors (Lipinski definition) is 6. The van der Waals surface area contributed by atoms with Gasteiger partial charge in [0.25, 0.3) is 5.91 Å². The van der Waals surface area contributed by atoms with Crippen LogP contribution >= 0.6 is 0 Å². The molecule has 13 heteroatoms. The number of rotatable bonds is 15. The predicted octanol–water partition coefficient (Wildman–Crippen LogP) is 2.72. The van der Waals surface area contributed by atoms with Crippen molar-refractivity contribution < 1.29 is 37.5 Å². The lowest BCUT2D eigenvalue weighted by atomic mass is 9.83. The van der Waals surface area contributed by atoms with Crippen LogP contribution in [-0.2, 0) is 30.3 Å². The lowest BCUT2D eigenvalue weighted by molar-refractivity contribution is -0.160. The topological polar surface area (TPSA) is 146 Å². The fourth-order valence-electron chi connectivity index (χ4n) is 5.76. The number of unbranched alkanes of at least 4 members (excludes halogenated alkanes) is 1. The van der Waals surface area contributed by atoms with E-state index in [1.165, 1.54) is 0 Å². The van der Waals surface area contributed by atoms with Gasteiger partial charge in [-0.3, -0.25) is 19.2 Å². The van der Waals surface area contributed by atoms with Gasteiger partial charge in [-0.05, 0) is 24.3 Å². The number of amides is 5. The zero-order valence-electron chi connectivity index (χ0n) is 26.2. The molecule has 3 atom stereocenters. The van der Waals surface area contributed by atoms with Crippen molar-refractivity contribution in [3.05, 3.63) is 35.9 Å². The van der Waals surface area contributed by atoms with Gasteiger partial charge < -0.3 is 30.9 Å². The number of ketones is 1. The number of carbonyl (C=O) groups excluding carboxylic acids is 5. The number of carbonyl (C=O) groups is 5. The highest BCUT2D eigenvalue weighted by atomic mass is 19.3. The second-order valence-corrected chi connectivity index (χ2v) is 11.8. The van der Waals surface area contributed by atoms with Gasteiger partial charge in [-0.1, -0.05) is 82.2 Å². The van der Waals surface area contributed by atoms with Gasteiger partial charge in [-0.25, -0.2) is 4.79 Å². The first kappa shape index (κ1) is 35.9. The largest absolute Gasteiger partial charge is 0.383 e. The molecule has 1 aromatic carbocycles. The lowest BCUT2D eigenvalue weighted by Gasteiger charge is -2.31. The second kappa shape index (κ2) is 17.8. The second-order valence-electron chi connectivity index (χ2n) is 11.8. The zero-order chi connectivity index (χ0) is 32.8. The van der Waals surface area contributed by atoms with Crippen LogP contribution in [0.15, 0.2) is 30.3 Å². The lowest BCUT2D eigenvalue weighted by Crippen LogP contribution is -2.60. The predicted molar refractivity (Wildman–Crippen MR) is 163 cm³/mol. The van der Waals surface area contributed by atoms with Gasteiger partial charge in [0.2, 0.25) is 17.6 Å². The van der Waals surface area contributed by atoms with Crippen molar-refractivity contribution in [1.82, 2.24) is 26.2 Å². The first-order valence-electron chi connectivity index (χ1n) is 16.0. The minimum Gasteiger partial charge on any atom is -0.378 e. The monoisotopic (exact) mass is 635 g/mol. The summed E-state index contributed by atoms with van der Waals surface area (Å²) in [4.78, 5) is 66.8. The van der Waals surface area contributed by atoms with E-state index >= 15 is 0 Å². The summed E-state index contributed by atoms with van der Waals surface area (Å²) in [6.07, 6.45) is 5.74. The van der Waals surface area contributed by atoms with Crippen molar-refractivity contribution >= 4 is 29.5 Å². The molecule has 1 aliphatic heterocycles. The van der Waals surface area contributed by atoms with Crippen molar-refractivity contribution in [2.75, 3.05) is 33.4 Å². The molecule has 1 saturated heterocycles. The summed E-state index contributed by atoms with van der Waals surface area (Å²) in [7, 11) is 1.01. The van der Waals surface area contributed by atoms with E-state index in [2.05, 4.69) is 16.0 Å². The zero-order valence-corrected chi connectivity index (χ0v) is 26.2. The van der Waals surface area contributed by atoms with E-state index in [1.54, 1.807) is 4.90 Å². The Hall–Kier alpha value is -3.61. The van der Waals surface area contributed by atoms with Crippen molar-refractivity contribution in [3.63, 3.8) is 0 Å². The number of nitrogens with one attached hydrogen (secondary N) is 4. The molecule has 1 heterocycles. The summed E-state index contributed by atoms with van der Waals surface area (Å²) >= 11 is 0. The highest BCUT2D eigenvalue weighted by molar-refractivity contribution is 6.10. The highest BCUT2D eigenvalue weighted by Crippen LogP contribution is 2.29. The number of Topliss-reactive ketones (excluding diaryl/α,β-unsaturated/α-hetero) is 1. The standard InChI is InChI=1S/C32H47F2N5O6/c1-3-4-15-24(28(41)37-25(20-22-11-7-5-8-12-22)27(40)32(33,34)30(43)35-2)36-29(42)26(21-23-13-9-6-10-14-23)38-31(44)39-16-18-45-19-17-39/h6,9-10,13-14,22,24-26H,3-5,7-8,11-12,15-21H2,1-2H3,(H,35,43)(H,36,42)(H,37,41)(H,38,44). The van der Waals surface area contributed by atoms with Crippen LogP contribution in [0.1, 0.15) is 70.3 Å². The maximum atomic E-state index is 14.8. The number of ether oxygens (including phenoxy) is 1. The molecule has 0 radical (unpaired) electrons. The number of morpholine rings is 1. The smallest absolute Gasteiger partial charge is 0.378 e. The number of halogens is 2. The summed E-state index contributed by atoms with van der Waals surface area (Å²) in [6.45, 7) is 3.38. The fraction of sp³-hybridized carbons (Fsp3) is 0.656. The Kier molecular flexibility index (Phi) is 14.2. The third kappa shape index (κ3) is 10.8. The van der Waals surface area contributed by atoms with Crippen molar-refractivity contribution in [1.29, 1.82) is 0 Å². The minimum absolute atomic E-state index is 0.0299. The van der Waals surface area contributed by atoms with Gasteiger partial charge in [0, 0.05) is 26.6 Å². The molecule has 5 amide bonds. The van der Waals surface area contributed by atoms with Crippen molar-refractivity contribution in [2.45, 2.75) is 95.2 Å². The average Bonchev–Trinajstić information content (AvgIpc) is 3.06. The maximum absolute atomic E-state index is 14.8. The first-order chi connectivity index (χ1) is 21.6. The molecule has 1 aliphatic carbocycles. The van der Waals surface area contributed by atoms with Crippen LogP contribution in [0.25, 0.3) is 0 Å². The van der Waals surface area contributed by atoms with Gasteiger partial charge in [-0.2, -0.15) is 8.78 Å². The summed E-state index contributed by atoms with van der Waals surface area (Å²) in [6, 6.07) is 4.81. The molecule has 0 spiro atoms. The molecule has 0 aromatic heterocycles. The third-order valence-corrected chi connectivity index (χ3v) is 8.42. The molecule has 3 rings (SSSR count). The molecule has 2 aliphatic rings. The molecule has 4 N–H and O–H groups in total. The number of urea groups is 1. The maximum Gasteiger partial charge on any atom is 0.383 e. The normalized spacial score (nSPS) is 17.8. The number of alkyl halides is 2. The Bertz CT molecular complexity index is 1140. The van der Waals surface area contributed by atoms with Crippen LogP contribution < -0.4 is 21.3 Å². The highest BCUT2D eigenvalue weighted by Gasteiger charge is 2.50. The Labute approximate surface area is 263 Å². The van der Waals surface area contributed by atoms with Gasteiger partial charge >= 0.3 is 12.0 Å². The molecule has 2 fully saturated rings. The van der Waals surface area contributed by atoms with Gasteiger partial charge in [0.05, 0.1) is 19.3 Å². The van der Waals surface area contributed by atoms with Gasteiger partial charge in [0.1, 0.15) is 12.1 Å². The van der Waals surface area contributed by atoms with E-state index in [9.17, 15) is 32.8 Å². The fourth-order valence-corrected chi connectivity index (χ4v) is 5.76. The van der Waals surface area contributed by atoms with Crippen molar-refractivity contribution in [3.8, 4) is 0 Å². The Morgan fingerprint density at radius 3 is 2.16 bits per heavy atom.